The monoisotopic (exact) mass is 234 g/mol. The number of aromatic carboxylic acids is 1. The standard InChI is InChI=1S/C13H18N2O2/c1-2-3-4-5-9-6-7-10-11(8-9)14-15-12(10)13(16)17/h6-7,9H,2-5,8H2,1H3,(H,14,15)(H,16,17). The van der Waals surface area contributed by atoms with Gasteiger partial charge in [-0.2, -0.15) is 5.10 Å². The van der Waals surface area contributed by atoms with Crippen molar-refractivity contribution in [2.75, 3.05) is 0 Å². The summed E-state index contributed by atoms with van der Waals surface area (Å²) in [6.45, 7) is 2.20. The van der Waals surface area contributed by atoms with Crippen LogP contribution in [0.4, 0.5) is 0 Å². The Kier molecular flexibility index (Phi) is 3.61. The number of rotatable bonds is 5. The van der Waals surface area contributed by atoms with Gasteiger partial charge in [-0.1, -0.05) is 38.3 Å². The largest absolute Gasteiger partial charge is 0.476 e. The van der Waals surface area contributed by atoms with E-state index in [4.69, 9.17) is 5.11 Å². The Balaban J connectivity index is 2.03. The van der Waals surface area contributed by atoms with E-state index in [1.54, 1.807) is 0 Å². The zero-order valence-electron chi connectivity index (χ0n) is 10.1. The number of hydrogen-bond acceptors (Lipinski definition) is 2. The molecule has 0 saturated heterocycles. The molecule has 0 aliphatic heterocycles. The maximum absolute atomic E-state index is 10.9. The number of carboxylic acid groups (broad SMARTS) is 1. The van der Waals surface area contributed by atoms with Crippen LogP contribution in [0.25, 0.3) is 6.08 Å². The van der Waals surface area contributed by atoms with Gasteiger partial charge in [-0.05, 0) is 18.8 Å². The summed E-state index contributed by atoms with van der Waals surface area (Å²) < 4.78 is 0. The van der Waals surface area contributed by atoms with E-state index in [0.29, 0.717) is 5.92 Å². The summed E-state index contributed by atoms with van der Waals surface area (Å²) in [5, 5.41) is 15.7. The average molecular weight is 234 g/mol. The van der Waals surface area contributed by atoms with E-state index in [0.717, 1.165) is 17.7 Å². The van der Waals surface area contributed by atoms with Crippen molar-refractivity contribution in [3.63, 3.8) is 0 Å². The van der Waals surface area contributed by atoms with Crippen molar-refractivity contribution in [3.05, 3.63) is 23.0 Å². The average Bonchev–Trinajstić information content (AvgIpc) is 2.72. The summed E-state index contributed by atoms with van der Waals surface area (Å²) in [5.74, 6) is -0.437. The fraction of sp³-hybridized carbons (Fsp3) is 0.538. The predicted octanol–water partition coefficient (Wildman–Crippen LogP) is 2.87. The first-order valence-corrected chi connectivity index (χ1v) is 6.21. The molecule has 1 aromatic heterocycles. The number of unbranched alkanes of at least 4 members (excludes halogenated alkanes) is 2. The van der Waals surface area contributed by atoms with E-state index in [2.05, 4.69) is 23.2 Å². The molecule has 4 heteroatoms. The number of hydrogen-bond donors (Lipinski definition) is 2. The molecule has 1 aliphatic carbocycles. The number of carboxylic acids is 1. The van der Waals surface area contributed by atoms with Gasteiger partial charge in [-0.25, -0.2) is 4.79 Å². The number of carbonyl (C=O) groups is 1. The first kappa shape index (κ1) is 11.9. The lowest BCUT2D eigenvalue weighted by Gasteiger charge is -2.16. The molecule has 1 unspecified atom stereocenters. The third-order valence-corrected chi connectivity index (χ3v) is 3.27. The van der Waals surface area contributed by atoms with Crippen molar-refractivity contribution in [3.8, 4) is 0 Å². The van der Waals surface area contributed by atoms with Crippen LogP contribution in [0, 0.1) is 5.92 Å². The molecule has 17 heavy (non-hydrogen) atoms. The molecular formula is C13H18N2O2. The highest BCUT2D eigenvalue weighted by Gasteiger charge is 2.21. The number of H-pyrrole nitrogens is 1. The van der Waals surface area contributed by atoms with Gasteiger partial charge in [0.15, 0.2) is 5.69 Å². The summed E-state index contributed by atoms with van der Waals surface area (Å²) in [6.07, 6.45) is 9.82. The summed E-state index contributed by atoms with van der Waals surface area (Å²) >= 11 is 0. The van der Waals surface area contributed by atoms with Crippen molar-refractivity contribution < 1.29 is 9.90 Å². The van der Waals surface area contributed by atoms with Crippen LogP contribution in [0.5, 0.6) is 0 Å². The Morgan fingerprint density at radius 3 is 3.12 bits per heavy atom. The van der Waals surface area contributed by atoms with Crippen LogP contribution in [0.15, 0.2) is 6.08 Å². The highest BCUT2D eigenvalue weighted by atomic mass is 16.4. The van der Waals surface area contributed by atoms with Gasteiger partial charge in [0, 0.05) is 11.3 Å². The molecule has 4 nitrogen and oxygen atoms in total. The number of fused-ring (bicyclic) bond motifs is 1. The normalized spacial score (nSPS) is 18.1. The van der Waals surface area contributed by atoms with Gasteiger partial charge in [0.1, 0.15) is 0 Å². The van der Waals surface area contributed by atoms with E-state index in [-0.39, 0.29) is 5.69 Å². The topological polar surface area (TPSA) is 66.0 Å². The Morgan fingerprint density at radius 2 is 2.41 bits per heavy atom. The molecule has 1 aliphatic rings. The third-order valence-electron chi connectivity index (χ3n) is 3.27. The molecule has 0 bridgehead atoms. The molecule has 0 aromatic carbocycles. The molecule has 92 valence electrons. The quantitative estimate of drug-likeness (QED) is 0.770. The van der Waals surface area contributed by atoms with Crippen LogP contribution in [0.2, 0.25) is 0 Å². The highest BCUT2D eigenvalue weighted by Crippen LogP contribution is 2.26. The summed E-state index contributed by atoms with van der Waals surface area (Å²) in [7, 11) is 0. The second kappa shape index (κ2) is 5.17. The first-order valence-electron chi connectivity index (χ1n) is 6.21. The lowest BCUT2D eigenvalue weighted by molar-refractivity contribution is 0.0690. The third kappa shape index (κ3) is 2.57. The van der Waals surface area contributed by atoms with Crippen LogP contribution >= 0.6 is 0 Å². The van der Waals surface area contributed by atoms with Gasteiger partial charge >= 0.3 is 5.97 Å². The van der Waals surface area contributed by atoms with E-state index >= 15 is 0 Å². The van der Waals surface area contributed by atoms with Crippen molar-refractivity contribution in [1.82, 2.24) is 10.2 Å². The van der Waals surface area contributed by atoms with Gasteiger partial charge in [0.05, 0.1) is 0 Å². The van der Waals surface area contributed by atoms with Crippen molar-refractivity contribution in [2.24, 2.45) is 5.92 Å². The van der Waals surface area contributed by atoms with Crippen LogP contribution < -0.4 is 0 Å². The summed E-state index contributed by atoms with van der Waals surface area (Å²) in [4.78, 5) is 10.9. The Morgan fingerprint density at radius 1 is 1.59 bits per heavy atom. The number of aromatic nitrogens is 2. The van der Waals surface area contributed by atoms with Crippen LogP contribution in [-0.4, -0.2) is 21.3 Å². The molecule has 0 radical (unpaired) electrons. The molecule has 1 aromatic rings. The molecule has 1 heterocycles. The van der Waals surface area contributed by atoms with Gasteiger partial charge < -0.3 is 5.11 Å². The zero-order chi connectivity index (χ0) is 12.3. The Hall–Kier alpha value is -1.58. The number of nitrogens with one attached hydrogen (secondary N) is 1. The van der Waals surface area contributed by atoms with Gasteiger partial charge in [-0.3, -0.25) is 5.10 Å². The van der Waals surface area contributed by atoms with Crippen LogP contribution in [0.3, 0.4) is 0 Å². The molecule has 0 fully saturated rings. The van der Waals surface area contributed by atoms with Gasteiger partial charge in [0.25, 0.3) is 0 Å². The van der Waals surface area contributed by atoms with E-state index in [9.17, 15) is 4.79 Å². The highest BCUT2D eigenvalue weighted by molar-refractivity contribution is 5.90. The number of allylic oxidation sites excluding steroid dienone is 1. The lowest BCUT2D eigenvalue weighted by Crippen LogP contribution is -2.08. The maximum atomic E-state index is 10.9. The molecule has 2 N–H and O–H groups in total. The smallest absolute Gasteiger partial charge is 0.357 e. The van der Waals surface area contributed by atoms with Crippen molar-refractivity contribution in [1.29, 1.82) is 0 Å². The zero-order valence-corrected chi connectivity index (χ0v) is 10.1. The minimum atomic E-state index is -0.961. The van der Waals surface area contributed by atoms with Gasteiger partial charge in [0.2, 0.25) is 0 Å². The summed E-state index contributed by atoms with van der Waals surface area (Å²) in [6, 6.07) is 0. The summed E-state index contributed by atoms with van der Waals surface area (Å²) in [5.41, 5.74) is 1.86. The minimum absolute atomic E-state index is 0.142. The Labute approximate surface area is 101 Å². The first-order chi connectivity index (χ1) is 8.22. The molecule has 0 amide bonds. The molecule has 0 spiro atoms. The molecule has 1 atom stereocenters. The number of aromatic amines is 1. The number of nitrogens with zero attached hydrogens (tertiary/aromatic N) is 1. The molecule has 0 saturated carbocycles. The minimum Gasteiger partial charge on any atom is -0.476 e. The molecule has 2 rings (SSSR count). The Bertz CT molecular complexity index is 435. The van der Waals surface area contributed by atoms with Crippen LogP contribution in [0.1, 0.15) is 54.4 Å². The van der Waals surface area contributed by atoms with Crippen molar-refractivity contribution >= 4 is 12.0 Å². The van der Waals surface area contributed by atoms with Crippen LogP contribution in [-0.2, 0) is 6.42 Å². The van der Waals surface area contributed by atoms with E-state index in [1.165, 1.54) is 25.7 Å². The fourth-order valence-corrected chi connectivity index (χ4v) is 2.30. The second-order valence-electron chi connectivity index (χ2n) is 4.59. The lowest BCUT2D eigenvalue weighted by atomic mass is 9.89. The fourth-order valence-electron chi connectivity index (χ4n) is 2.30. The predicted molar refractivity (Wildman–Crippen MR) is 65.9 cm³/mol. The second-order valence-corrected chi connectivity index (χ2v) is 4.59. The maximum Gasteiger partial charge on any atom is 0.357 e. The van der Waals surface area contributed by atoms with E-state index < -0.39 is 5.97 Å². The van der Waals surface area contributed by atoms with Gasteiger partial charge in [-0.15, -0.1) is 0 Å². The van der Waals surface area contributed by atoms with Crippen molar-refractivity contribution in [2.45, 2.75) is 39.0 Å². The SMILES string of the molecule is CCCCCC1C=Cc2c(C(=O)O)n[nH]c2C1. The van der Waals surface area contributed by atoms with E-state index in [1.807, 2.05) is 6.08 Å². The molecular weight excluding hydrogens is 216 g/mol.